The van der Waals surface area contributed by atoms with Gasteiger partial charge in [0.1, 0.15) is 5.69 Å². The van der Waals surface area contributed by atoms with Crippen molar-refractivity contribution in [3.8, 4) is 11.5 Å². The SMILES string of the molecule is COc1cc(C(=O)N2CC(OC)C2)cc(NC(=O)c2ccnc(C(F)(F)F)c2)c1OC. The van der Waals surface area contributed by atoms with E-state index in [1.807, 2.05) is 0 Å². The van der Waals surface area contributed by atoms with Crippen molar-refractivity contribution in [3.05, 3.63) is 47.3 Å². The molecule has 0 aliphatic carbocycles. The van der Waals surface area contributed by atoms with E-state index in [9.17, 15) is 22.8 Å². The molecular weight excluding hydrogens is 419 g/mol. The zero-order valence-corrected chi connectivity index (χ0v) is 16.9. The highest BCUT2D eigenvalue weighted by Crippen LogP contribution is 2.38. The zero-order chi connectivity index (χ0) is 22.8. The molecule has 0 spiro atoms. The van der Waals surface area contributed by atoms with Crippen LogP contribution in [0.4, 0.5) is 18.9 Å². The number of ether oxygens (including phenoxy) is 3. The molecule has 11 heteroatoms. The van der Waals surface area contributed by atoms with Gasteiger partial charge in [-0.15, -0.1) is 0 Å². The Bertz CT molecular complexity index is 991. The van der Waals surface area contributed by atoms with Crippen LogP contribution in [0, 0.1) is 0 Å². The van der Waals surface area contributed by atoms with Crippen LogP contribution in [-0.4, -0.2) is 62.2 Å². The van der Waals surface area contributed by atoms with Gasteiger partial charge in [0.2, 0.25) is 0 Å². The third kappa shape index (κ3) is 4.71. The van der Waals surface area contributed by atoms with Crippen molar-refractivity contribution in [2.75, 3.05) is 39.7 Å². The number of amides is 2. The molecule has 0 atom stereocenters. The summed E-state index contributed by atoms with van der Waals surface area (Å²) < 4.78 is 54.4. The summed E-state index contributed by atoms with van der Waals surface area (Å²) in [4.78, 5) is 30.1. The third-order valence-electron chi connectivity index (χ3n) is 4.76. The number of nitrogens with zero attached hydrogens (tertiary/aromatic N) is 2. The molecule has 1 N–H and O–H groups in total. The van der Waals surface area contributed by atoms with Gasteiger partial charge in [0.05, 0.1) is 26.0 Å². The molecule has 1 fully saturated rings. The highest BCUT2D eigenvalue weighted by atomic mass is 19.4. The van der Waals surface area contributed by atoms with Crippen molar-refractivity contribution >= 4 is 17.5 Å². The average Bonchev–Trinajstić information content (AvgIpc) is 2.71. The minimum atomic E-state index is -4.69. The van der Waals surface area contributed by atoms with Crippen molar-refractivity contribution < 1.29 is 37.0 Å². The summed E-state index contributed by atoms with van der Waals surface area (Å²) >= 11 is 0. The number of pyridine rings is 1. The molecule has 0 saturated carbocycles. The first-order chi connectivity index (χ1) is 14.7. The number of methoxy groups -OCH3 is 3. The molecule has 0 radical (unpaired) electrons. The normalized spacial score (nSPS) is 14.1. The van der Waals surface area contributed by atoms with E-state index in [-0.39, 0.29) is 40.3 Å². The molecule has 2 aromatic rings. The van der Waals surface area contributed by atoms with E-state index in [0.29, 0.717) is 19.2 Å². The Morgan fingerprint density at radius 2 is 1.81 bits per heavy atom. The average molecular weight is 439 g/mol. The largest absolute Gasteiger partial charge is 0.493 e. The van der Waals surface area contributed by atoms with Crippen molar-refractivity contribution in [1.29, 1.82) is 0 Å². The van der Waals surface area contributed by atoms with Crippen LogP contribution >= 0.6 is 0 Å². The van der Waals surface area contributed by atoms with E-state index in [4.69, 9.17) is 14.2 Å². The Morgan fingerprint density at radius 3 is 2.39 bits per heavy atom. The number of likely N-dealkylation sites (tertiary alicyclic amines) is 1. The predicted octanol–water partition coefficient (Wildman–Crippen LogP) is 2.84. The minimum Gasteiger partial charge on any atom is -0.493 e. The monoisotopic (exact) mass is 439 g/mol. The topological polar surface area (TPSA) is 90.0 Å². The van der Waals surface area contributed by atoms with Gasteiger partial charge in [0, 0.05) is 37.5 Å². The van der Waals surface area contributed by atoms with Crippen LogP contribution in [0.2, 0.25) is 0 Å². The van der Waals surface area contributed by atoms with Gasteiger partial charge in [-0.05, 0) is 24.3 Å². The number of hydrogen-bond acceptors (Lipinski definition) is 6. The second kappa shape index (κ2) is 8.80. The summed E-state index contributed by atoms with van der Waals surface area (Å²) in [5, 5.41) is 2.49. The molecule has 0 unspecified atom stereocenters. The molecule has 1 aliphatic rings. The molecule has 2 amide bonds. The Labute approximate surface area is 175 Å². The Balaban J connectivity index is 1.91. The molecular formula is C20H20F3N3O5. The van der Waals surface area contributed by atoms with Crippen molar-refractivity contribution in [2.45, 2.75) is 12.3 Å². The van der Waals surface area contributed by atoms with E-state index in [1.165, 1.54) is 26.4 Å². The second-order valence-corrected chi connectivity index (χ2v) is 6.71. The van der Waals surface area contributed by atoms with Gasteiger partial charge in [0.25, 0.3) is 11.8 Å². The van der Waals surface area contributed by atoms with E-state index >= 15 is 0 Å². The van der Waals surface area contributed by atoms with E-state index in [1.54, 1.807) is 12.0 Å². The van der Waals surface area contributed by atoms with E-state index < -0.39 is 17.8 Å². The molecule has 8 nitrogen and oxygen atoms in total. The number of carbonyl (C=O) groups excluding carboxylic acids is 2. The Hall–Kier alpha value is -3.34. The van der Waals surface area contributed by atoms with Crippen LogP contribution in [-0.2, 0) is 10.9 Å². The van der Waals surface area contributed by atoms with Crippen LogP contribution in [0.15, 0.2) is 30.5 Å². The van der Waals surface area contributed by atoms with Gasteiger partial charge in [-0.2, -0.15) is 13.2 Å². The quantitative estimate of drug-likeness (QED) is 0.745. The maximum Gasteiger partial charge on any atom is 0.433 e. The van der Waals surface area contributed by atoms with Gasteiger partial charge in [-0.25, -0.2) is 0 Å². The van der Waals surface area contributed by atoms with Crippen LogP contribution in [0.5, 0.6) is 11.5 Å². The number of rotatable bonds is 6. The lowest BCUT2D eigenvalue weighted by molar-refractivity contribution is -0.141. The number of halogens is 3. The number of aromatic nitrogens is 1. The molecule has 166 valence electrons. The van der Waals surface area contributed by atoms with Crippen LogP contribution in [0.25, 0.3) is 0 Å². The van der Waals surface area contributed by atoms with Gasteiger partial charge in [-0.3, -0.25) is 14.6 Å². The minimum absolute atomic E-state index is 0.0437. The fourth-order valence-corrected chi connectivity index (χ4v) is 3.04. The molecule has 1 aliphatic heterocycles. The lowest BCUT2D eigenvalue weighted by Crippen LogP contribution is -2.54. The van der Waals surface area contributed by atoms with E-state index in [2.05, 4.69) is 10.3 Å². The summed E-state index contributed by atoms with van der Waals surface area (Å²) in [5.74, 6) is -0.844. The molecule has 31 heavy (non-hydrogen) atoms. The van der Waals surface area contributed by atoms with Crippen LogP contribution in [0.1, 0.15) is 26.4 Å². The maximum atomic E-state index is 12.9. The molecule has 1 aromatic carbocycles. The second-order valence-electron chi connectivity index (χ2n) is 6.71. The number of nitrogens with one attached hydrogen (secondary N) is 1. The first kappa shape index (κ1) is 22.3. The number of benzene rings is 1. The predicted molar refractivity (Wildman–Crippen MR) is 103 cm³/mol. The van der Waals surface area contributed by atoms with Gasteiger partial charge in [-0.1, -0.05) is 0 Å². The number of anilines is 1. The Morgan fingerprint density at radius 1 is 1.10 bits per heavy atom. The molecule has 1 aromatic heterocycles. The smallest absolute Gasteiger partial charge is 0.433 e. The first-order valence-corrected chi connectivity index (χ1v) is 9.10. The molecule has 1 saturated heterocycles. The van der Waals surface area contributed by atoms with Gasteiger partial charge < -0.3 is 24.4 Å². The van der Waals surface area contributed by atoms with Crippen LogP contribution in [0.3, 0.4) is 0 Å². The first-order valence-electron chi connectivity index (χ1n) is 9.10. The summed E-state index contributed by atoms with van der Waals surface area (Å²) in [6.07, 6.45) is -3.84. The molecule has 3 rings (SSSR count). The number of alkyl halides is 3. The summed E-state index contributed by atoms with van der Waals surface area (Å²) in [6.45, 7) is 0.839. The summed E-state index contributed by atoms with van der Waals surface area (Å²) in [7, 11) is 4.25. The van der Waals surface area contributed by atoms with Crippen molar-refractivity contribution in [2.24, 2.45) is 0 Å². The fourth-order valence-electron chi connectivity index (χ4n) is 3.04. The lowest BCUT2D eigenvalue weighted by Gasteiger charge is -2.38. The van der Waals surface area contributed by atoms with Crippen molar-refractivity contribution in [3.63, 3.8) is 0 Å². The summed E-state index contributed by atoms with van der Waals surface area (Å²) in [5.41, 5.74) is -1.16. The zero-order valence-electron chi connectivity index (χ0n) is 16.9. The van der Waals surface area contributed by atoms with Crippen LogP contribution < -0.4 is 14.8 Å². The lowest BCUT2D eigenvalue weighted by atomic mass is 10.1. The fraction of sp³-hybridized carbons (Fsp3) is 0.350. The maximum absolute atomic E-state index is 12.9. The highest BCUT2D eigenvalue weighted by molar-refractivity contribution is 6.06. The molecule has 2 heterocycles. The number of hydrogen-bond donors (Lipinski definition) is 1. The molecule has 0 bridgehead atoms. The van der Waals surface area contributed by atoms with Gasteiger partial charge in [0.15, 0.2) is 11.5 Å². The standard InChI is InChI=1S/C20H20F3N3O5/c1-29-13-9-26(10-13)19(28)12-6-14(17(31-3)15(7-12)30-2)25-18(27)11-4-5-24-16(8-11)20(21,22)23/h4-8,13H,9-10H2,1-3H3,(H,25,27). The number of carbonyl (C=O) groups is 2. The van der Waals surface area contributed by atoms with Crippen molar-refractivity contribution in [1.82, 2.24) is 9.88 Å². The third-order valence-corrected chi connectivity index (χ3v) is 4.76. The highest BCUT2D eigenvalue weighted by Gasteiger charge is 2.34. The van der Waals surface area contributed by atoms with E-state index in [0.717, 1.165) is 12.3 Å². The van der Waals surface area contributed by atoms with Gasteiger partial charge >= 0.3 is 6.18 Å². The summed E-state index contributed by atoms with van der Waals surface area (Å²) in [6, 6.07) is 4.63. The Kier molecular flexibility index (Phi) is 6.34.